The van der Waals surface area contributed by atoms with E-state index in [2.05, 4.69) is 15.2 Å². The van der Waals surface area contributed by atoms with Crippen LogP contribution in [0.3, 0.4) is 0 Å². The highest BCUT2D eigenvalue weighted by atomic mass is 32.1. The lowest BCUT2D eigenvalue weighted by Crippen LogP contribution is -2.43. The summed E-state index contributed by atoms with van der Waals surface area (Å²) in [5, 5.41) is 3.89. The first-order valence-electron chi connectivity index (χ1n) is 9.23. The quantitative estimate of drug-likeness (QED) is 0.747. The van der Waals surface area contributed by atoms with Crippen molar-refractivity contribution >= 4 is 32.6 Å². The van der Waals surface area contributed by atoms with Crippen molar-refractivity contribution in [3.63, 3.8) is 0 Å². The zero-order valence-corrected chi connectivity index (χ0v) is 16.2. The molecule has 1 aliphatic heterocycles. The Labute approximate surface area is 157 Å². The molecular weight excluding hydrogens is 353 g/mol. The molecule has 0 aliphatic carbocycles. The van der Waals surface area contributed by atoms with Crippen molar-refractivity contribution < 1.29 is 13.9 Å². The van der Waals surface area contributed by atoms with Crippen molar-refractivity contribution in [2.45, 2.75) is 39.2 Å². The van der Waals surface area contributed by atoms with E-state index in [0.717, 1.165) is 41.2 Å². The molecule has 1 saturated heterocycles. The number of hydrogen-bond donors (Lipinski definition) is 1. The first-order valence-corrected chi connectivity index (χ1v) is 10.0. The first kappa shape index (κ1) is 19.0. The molecule has 142 valence electrons. The first-order chi connectivity index (χ1) is 12.5. The van der Waals surface area contributed by atoms with E-state index in [4.69, 9.17) is 4.74 Å². The third kappa shape index (κ3) is 4.92. The fourth-order valence-corrected chi connectivity index (χ4v) is 4.16. The molecule has 2 heterocycles. The summed E-state index contributed by atoms with van der Waals surface area (Å²) in [5.41, 5.74) is 0.808. The van der Waals surface area contributed by atoms with Gasteiger partial charge in [-0.1, -0.05) is 11.3 Å². The van der Waals surface area contributed by atoms with Gasteiger partial charge in [-0.3, -0.25) is 4.79 Å². The SMILES string of the molecule is CC(C)OCCCNC(=O)C1CCCN(c2nc3ccc(F)cc3s2)C1. The number of ether oxygens (including phenoxy) is 1. The summed E-state index contributed by atoms with van der Waals surface area (Å²) in [6, 6.07) is 4.66. The van der Waals surface area contributed by atoms with Crippen molar-refractivity contribution in [2.75, 3.05) is 31.1 Å². The summed E-state index contributed by atoms with van der Waals surface area (Å²) in [4.78, 5) is 19.2. The maximum atomic E-state index is 13.4. The number of carbonyl (C=O) groups excluding carboxylic acids is 1. The molecule has 1 N–H and O–H groups in total. The number of nitrogens with one attached hydrogen (secondary N) is 1. The zero-order chi connectivity index (χ0) is 18.5. The van der Waals surface area contributed by atoms with E-state index in [1.165, 1.54) is 23.5 Å². The number of benzene rings is 1. The minimum atomic E-state index is -0.245. The van der Waals surface area contributed by atoms with Crippen molar-refractivity contribution in [1.29, 1.82) is 0 Å². The van der Waals surface area contributed by atoms with Crippen LogP contribution in [0.2, 0.25) is 0 Å². The lowest BCUT2D eigenvalue weighted by Gasteiger charge is -2.31. The Morgan fingerprint density at radius 2 is 2.35 bits per heavy atom. The van der Waals surface area contributed by atoms with E-state index in [0.29, 0.717) is 19.7 Å². The molecule has 1 amide bonds. The van der Waals surface area contributed by atoms with E-state index in [1.807, 2.05) is 13.8 Å². The molecule has 1 atom stereocenters. The molecule has 26 heavy (non-hydrogen) atoms. The Hall–Kier alpha value is -1.73. The van der Waals surface area contributed by atoms with Gasteiger partial charge in [-0.25, -0.2) is 9.37 Å². The van der Waals surface area contributed by atoms with Crippen LogP contribution in [0.5, 0.6) is 0 Å². The van der Waals surface area contributed by atoms with Gasteiger partial charge in [0.25, 0.3) is 0 Å². The summed E-state index contributed by atoms with van der Waals surface area (Å²) in [6.07, 6.45) is 2.90. The molecule has 1 fully saturated rings. The van der Waals surface area contributed by atoms with Crippen LogP contribution >= 0.6 is 11.3 Å². The van der Waals surface area contributed by atoms with Gasteiger partial charge in [0.15, 0.2) is 5.13 Å². The number of piperidine rings is 1. The Morgan fingerprint density at radius 1 is 1.50 bits per heavy atom. The standard InChI is InChI=1S/C19H26FN3O2S/c1-13(2)25-10-4-8-21-18(24)14-5-3-9-23(12-14)19-22-16-7-6-15(20)11-17(16)26-19/h6-7,11,13-14H,3-5,8-10,12H2,1-2H3,(H,21,24). The molecule has 2 aromatic rings. The normalized spacial score (nSPS) is 17.8. The van der Waals surface area contributed by atoms with Crippen molar-refractivity contribution in [1.82, 2.24) is 10.3 Å². The van der Waals surface area contributed by atoms with Gasteiger partial charge in [0, 0.05) is 26.2 Å². The number of fused-ring (bicyclic) bond motifs is 1. The smallest absolute Gasteiger partial charge is 0.224 e. The van der Waals surface area contributed by atoms with E-state index in [-0.39, 0.29) is 23.7 Å². The zero-order valence-electron chi connectivity index (χ0n) is 15.3. The number of amides is 1. The minimum Gasteiger partial charge on any atom is -0.379 e. The van der Waals surface area contributed by atoms with Gasteiger partial charge in [-0.2, -0.15) is 0 Å². The van der Waals surface area contributed by atoms with Crippen LogP contribution in [0.4, 0.5) is 9.52 Å². The minimum absolute atomic E-state index is 0.0292. The molecule has 0 saturated carbocycles. The molecule has 3 rings (SSSR count). The van der Waals surface area contributed by atoms with Crippen LogP contribution in [-0.4, -0.2) is 43.2 Å². The highest BCUT2D eigenvalue weighted by molar-refractivity contribution is 7.22. The summed E-state index contributed by atoms with van der Waals surface area (Å²) in [7, 11) is 0. The number of halogens is 1. The van der Waals surface area contributed by atoms with Crippen LogP contribution in [0.15, 0.2) is 18.2 Å². The van der Waals surface area contributed by atoms with Gasteiger partial charge >= 0.3 is 0 Å². The molecule has 0 radical (unpaired) electrons. The second kappa shape index (κ2) is 8.77. The Kier molecular flexibility index (Phi) is 6.43. The lowest BCUT2D eigenvalue weighted by atomic mass is 9.97. The van der Waals surface area contributed by atoms with Gasteiger partial charge in [0.2, 0.25) is 5.91 Å². The topological polar surface area (TPSA) is 54.5 Å². The highest BCUT2D eigenvalue weighted by Crippen LogP contribution is 2.32. The highest BCUT2D eigenvalue weighted by Gasteiger charge is 2.27. The van der Waals surface area contributed by atoms with Crippen molar-refractivity contribution in [3.05, 3.63) is 24.0 Å². The Bertz CT molecular complexity index is 749. The predicted octanol–water partition coefficient (Wildman–Crippen LogP) is 3.58. The molecule has 1 unspecified atom stereocenters. The van der Waals surface area contributed by atoms with Crippen LogP contribution in [-0.2, 0) is 9.53 Å². The molecular formula is C19H26FN3O2S. The summed E-state index contributed by atoms with van der Waals surface area (Å²) in [5.74, 6) is -0.171. The van der Waals surface area contributed by atoms with E-state index >= 15 is 0 Å². The number of rotatable bonds is 7. The van der Waals surface area contributed by atoms with Crippen LogP contribution in [0.1, 0.15) is 33.1 Å². The monoisotopic (exact) mass is 379 g/mol. The van der Waals surface area contributed by atoms with E-state index in [9.17, 15) is 9.18 Å². The molecule has 5 nitrogen and oxygen atoms in total. The molecule has 1 aromatic heterocycles. The van der Waals surface area contributed by atoms with E-state index in [1.54, 1.807) is 6.07 Å². The van der Waals surface area contributed by atoms with Gasteiger partial charge in [0.05, 0.1) is 22.2 Å². The third-order valence-electron chi connectivity index (χ3n) is 4.47. The van der Waals surface area contributed by atoms with Gasteiger partial charge in [-0.05, 0) is 51.3 Å². The Morgan fingerprint density at radius 3 is 3.15 bits per heavy atom. The van der Waals surface area contributed by atoms with Gasteiger partial charge < -0.3 is 15.0 Å². The number of anilines is 1. The molecule has 0 spiro atoms. The van der Waals surface area contributed by atoms with Crippen molar-refractivity contribution in [2.24, 2.45) is 5.92 Å². The number of hydrogen-bond acceptors (Lipinski definition) is 5. The number of carbonyl (C=O) groups is 1. The number of nitrogens with zero attached hydrogens (tertiary/aromatic N) is 2. The maximum Gasteiger partial charge on any atom is 0.224 e. The van der Waals surface area contributed by atoms with Gasteiger partial charge in [-0.15, -0.1) is 0 Å². The number of aromatic nitrogens is 1. The summed E-state index contributed by atoms with van der Waals surface area (Å²) >= 11 is 1.49. The fourth-order valence-electron chi connectivity index (χ4n) is 3.13. The second-order valence-electron chi connectivity index (χ2n) is 6.96. The molecule has 7 heteroatoms. The second-order valence-corrected chi connectivity index (χ2v) is 7.97. The largest absolute Gasteiger partial charge is 0.379 e. The summed E-state index contributed by atoms with van der Waals surface area (Å²) in [6.45, 7) is 6.86. The van der Waals surface area contributed by atoms with Crippen molar-refractivity contribution in [3.8, 4) is 0 Å². The van der Waals surface area contributed by atoms with Gasteiger partial charge in [0.1, 0.15) is 5.82 Å². The lowest BCUT2D eigenvalue weighted by molar-refractivity contribution is -0.125. The number of thiazole rings is 1. The third-order valence-corrected chi connectivity index (χ3v) is 5.55. The average Bonchev–Trinajstić information content (AvgIpc) is 3.04. The average molecular weight is 380 g/mol. The summed E-state index contributed by atoms with van der Waals surface area (Å²) < 4.78 is 19.7. The maximum absolute atomic E-state index is 13.4. The van der Waals surface area contributed by atoms with Crippen LogP contribution < -0.4 is 10.2 Å². The fraction of sp³-hybridized carbons (Fsp3) is 0.579. The predicted molar refractivity (Wildman–Crippen MR) is 103 cm³/mol. The van der Waals surface area contributed by atoms with Crippen LogP contribution in [0.25, 0.3) is 10.2 Å². The van der Waals surface area contributed by atoms with Crippen LogP contribution in [0, 0.1) is 11.7 Å². The molecule has 1 aromatic carbocycles. The molecule has 1 aliphatic rings. The molecule has 0 bridgehead atoms. The van der Waals surface area contributed by atoms with E-state index < -0.39 is 0 Å². The Balaban J connectivity index is 1.53.